The maximum atomic E-state index is 11.8. The van der Waals surface area contributed by atoms with E-state index in [1.807, 2.05) is 73.7 Å². The van der Waals surface area contributed by atoms with E-state index in [4.69, 9.17) is 4.74 Å². The van der Waals surface area contributed by atoms with Crippen LogP contribution >= 0.6 is 0 Å². The van der Waals surface area contributed by atoms with Gasteiger partial charge in [-0.3, -0.25) is 4.79 Å². The van der Waals surface area contributed by atoms with Crippen molar-refractivity contribution in [2.24, 2.45) is 5.10 Å². The highest BCUT2D eigenvalue weighted by Gasteiger charge is 2.02. The lowest BCUT2D eigenvalue weighted by Crippen LogP contribution is -2.24. The Morgan fingerprint density at radius 2 is 1.88 bits per heavy atom. The van der Waals surface area contributed by atoms with Crippen LogP contribution in [-0.2, 0) is 4.79 Å². The van der Waals surface area contributed by atoms with Gasteiger partial charge >= 0.3 is 0 Å². The molecule has 3 rings (SSSR count). The zero-order valence-electron chi connectivity index (χ0n) is 13.4. The minimum atomic E-state index is -0.298. The van der Waals surface area contributed by atoms with Gasteiger partial charge in [0.2, 0.25) is 0 Å². The zero-order chi connectivity index (χ0) is 16.8. The van der Waals surface area contributed by atoms with Gasteiger partial charge < -0.3 is 4.74 Å². The summed E-state index contributed by atoms with van der Waals surface area (Å²) >= 11 is 0. The quantitative estimate of drug-likeness (QED) is 0.576. The van der Waals surface area contributed by atoms with Gasteiger partial charge in [-0.2, -0.15) is 5.10 Å². The first-order valence-electron chi connectivity index (χ1n) is 7.71. The fourth-order valence-electron chi connectivity index (χ4n) is 2.42. The van der Waals surface area contributed by atoms with E-state index in [0.29, 0.717) is 5.75 Å². The molecule has 4 nitrogen and oxygen atoms in total. The van der Waals surface area contributed by atoms with Crippen molar-refractivity contribution in [3.8, 4) is 5.75 Å². The van der Waals surface area contributed by atoms with E-state index in [1.54, 1.807) is 6.21 Å². The number of fused-ring (bicyclic) bond motifs is 1. The van der Waals surface area contributed by atoms with E-state index in [1.165, 1.54) is 0 Å². The number of nitrogens with one attached hydrogen (secondary N) is 1. The van der Waals surface area contributed by atoms with Crippen LogP contribution in [-0.4, -0.2) is 18.7 Å². The monoisotopic (exact) mass is 318 g/mol. The molecule has 0 unspecified atom stereocenters. The van der Waals surface area contributed by atoms with Crippen LogP contribution in [0.4, 0.5) is 0 Å². The Hall–Kier alpha value is -3.14. The molecule has 0 fully saturated rings. The summed E-state index contributed by atoms with van der Waals surface area (Å²) in [6, 6.07) is 21.6. The molecule has 0 aliphatic rings. The van der Waals surface area contributed by atoms with Gasteiger partial charge in [-0.15, -0.1) is 0 Å². The first kappa shape index (κ1) is 15.7. The Kier molecular flexibility index (Phi) is 4.87. The molecule has 120 valence electrons. The standard InChI is InChI=1S/C20H18N2O2/c1-15-6-4-10-18(12-15)24-14-20(23)22-21-13-17-9-5-8-16-7-2-3-11-19(16)17/h2-13H,14H2,1H3,(H,22,23)/b21-13+. The third kappa shape index (κ3) is 3.98. The Labute approximate surface area is 140 Å². The predicted octanol–water partition coefficient (Wildman–Crippen LogP) is 3.68. The van der Waals surface area contributed by atoms with Crippen LogP contribution in [0.3, 0.4) is 0 Å². The van der Waals surface area contributed by atoms with Gasteiger partial charge in [-0.25, -0.2) is 5.43 Å². The van der Waals surface area contributed by atoms with E-state index in [-0.39, 0.29) is 12.5 Å². The number of carbonyl (C=O) groups excluding carboxylic acids is 1. The minimum Gasteiger partial charge on any atom is -0.484 e. The Morgan fingerprint density at radius 1 is 1.08 bits per heavy atom. The summed E-state index contributed by atoms with van der Waals surface area (Å²) in [4.78, 5) is 11.8. The number of ether oxygens (including phenoxy) is 1. The second-order valence-electron chi connectivity index (χ2n) is 5.47. The largest absolute Gasteiger partial charge is 0.484 e. The summed E-state index contributed by atoms with van der Waals surface area (Å²) < 4.78 is 5.44. The van der Waals surface area contributed by atoms with Crippen LogP contribution < -0.4 is 10.2 Å². The van der Waals surface area contributed by atoms with E-state index in [9.17, 15) is 4.79 Å². The van der Waals surface area contributed by atoms with Crippen LogP contribution in [0.5, 0.6) is 5.75 Å². The van der Waals surface area contributed by atoms with Crippen molar-refractivity contribution in [2.45, 2.75) is 6.92 Å². The Balaban J connectivity index is 1.58. The van der Waals surface area contributed by atoms with E-state index >= 15 is 0 Å². The molecule has 0 heterocycles. The van der Waals surface area contributed by atoms with Crippen LogP contribution in [0.25, 0.3) is 10.8 Å². The third-order valence-corrected chi connectivity index (χ3v) is 3.58. The zero-order valence-corrected chi connectivity index (χ0v) is 13.4. The van der Waals surface area contributed by atoms with Crippen LogP contribution in [0.1, 0.15) is 11.1 Å². The highest BCUT2D eigenvalue weighted by molar-refractivity contribution is 5.99. The topological polar surface area (TPSA) is 50.7 Å². The fraction of sp³-hybridized carbons (Fsp3) is 0.100. The van der Waals surface area contributed by atoms with Crippen molar-refractivity contribution in [3.63, 3.8) is 0 Å². The molecule has 0 saturated carbocycles. The molecule has 0 bridgehead atoms. The molecular weight excluding hydrogens is 300 g/mol. The minimum absolute atomic E-state index is 0.0731. The molecule has 1 N–H and O–H groups in total. The summed E-state index contributed by atoms with van der Waals surface area (Å²) in [5, 5.41) is 6.24. The highest BCUT2D eigenvalue weighted by Crippen LogP contribution is 2.16. The molecule has 0 aromatic heterocycles. The molecule has 24 heavy (non-hydrogen) atoms. The maximum Gasteiger partial charge on any atom is 0.277 e. The van der Waals surface area contributed by atoms with Crippen molar-refractivity contribution in [2.75, 3.05) is 6.61 Å². The smallest absolute Gasteiger partial charge is 0.277 e. The van der Waals surface area contributed by atoms with Gasteiger partial charge in [0.05, 0.1) is 6.21 Å². The van der Waals surface area contributed by atoms with Gasteiger partial charge in [0.25, 0.3) is 5.91 Å². The summed E-state index contributed by atoms with van der Waals surface area (Å²) in [5.74, 6) is 0.371. The second-order valence-corrected chi connectivity index (χ2v) is 5.47. The first-order valence-corrected chi connectivity index (χ1v) is 7.71. The summed E-state index contributed by atoms with van der Waals surface area (Å²) in [7, 11) is 0. The number of aryl methyl sites for hydroxylation is 1. The molecule has 3 aromatic rings. The van der Waals surface area contributed by atoms with Crippen molar-refractivity contribution in [1.82, 2.24) is 5.43 Å². The second kappa shape index (κ2) is 7.42. The molecule has 0 saturated heterocycles. The van der Waals surface area contributed by atoms with Crippen molar-refractivity contribution in [1.29, 1.82) is 0 Å². The molecule has 3 aromatic carbocycles. The van der Waals surface area contributed by atoms with Gasteiger partial charge in [-0.05, 0) is 35.4 Å². The maximum absolute atomic E-state index is 11.8. The van der Waals surface area contributed by atoms with Gasteiger partial charge in [0, 0.05) is 5.56 Å². The summed E-state index contributed by atoms with van der Waals surface area (Å²) in [6.07, 6.45) is 1.65. The number of hydrogen-bond acceptors (Lipinski definition) is 3. The first-order chi connectivity index (χ1) is 11.7. The van der Waals surface area contributed by atoms with E-state index < -0.39 is 0 Å². The molecule has 1 amide bonds. The summed E-state index contributed by atoms with van der Waals surface area (Å²) in [6.45, 7) is 1.90. The molecule has 0 aliphatic heterocycles. The molecule has 4 heteroatoms. The lowest BCUT2D eigenvalue weighted by Gasteiger charge is -2.05. The predicted molar refractivity (Wildman–Crippen MR) is 96.4 cm³/mol. The number of nitrogens with zero attached hydrogens (tertiary/aromatic N) is 1. The van der Waals surface area contributed by atoms with Crippen molar-refractivity contribution >= 4 is 22.9 Å². The molecule has 0 spiro atoms. The van der Waals surface area contributed by atoms with Crippen LogP contribution in [0.2, 0.25) is 0 Å². The van der Waals surface area contributed by atoms with Gasteiger partial charge in [0.15, 0.2) is 6.61 Å². The van der Waals surface area contributed by atoms with Gasteiger partial charge in [0.1, 0.15) is 5.75 Å². The number of carbonyl (C=O) groups is 1. The number of hydrogen-bond donors (Lipinski definition) is 1. The molecule has 0 atom stereocenters. The van der Waals surface area contributed by atoms with Crippen molar-refractivity contribution in [3.05, 3.63) is 77.9 Å². The molecular formula is C20H18N2O2. The summed E-state index contributed by atoms with van der Waals surface area (Å²) in [5.41, 5.74) is 4.52. The fourth-order valence-corrected chi connectivity index (χ4v) is 2.42. The normalized spacial score (nSPS) is 10.9. The number of rotatable bonds is 5. The lowest BCUT2D eigenvalue weighted by molar-refractivity contribution is -0.123. The number of hydrazone groups is 1. The van der Waals surface area contributed by atoms with E-state index in [2.05, 4.69) is 10.5 Å². The Bertz CT molecular complexity index is 882. The molecule has 0 aliphatic carbocycles. The van der Waals surface area contributed by atoms with E-state index in [0.717, 1.165) is 21.9 Å². The number of benzene rings is 3. The van der Waals surface area contributed by atoms with Crippen LogP contribution in [0.15, 0.2) is 71.8 Å². The number of amides is 1. The lowest BCUT2D eigenvalue weighted by atomic mass is 10.1. The Morgan fingerprint density at radius 3 is 2.75 bits per heavy atom. The van der Waals surface area contributed by atoms with Crippen LogP contribution in [0, 0.1) is 6.92 Å². The average molecular weight is 318 g/mol. The van der Waals surface area contributed by atoms with Gasteiger partial charge in [-0.1, -0.05) is 54.6 Å². The third-order valence-electron chi connectivity index (χ3n) is 3.58. The van der Waals surface area contributed by atoms with Crippen molar-refractivity contribution < 1.29 is 9.53 Å². The SMILES string of the molecule is Cc1cccc(OCC(=O)N/N=C/c2cccc3ccccc23)c1. The highest BCUT2D eigenvalue weighted by atomic mass is 16.5. The average Bonchev–Trinajstić information content (AvgIpc) is 2.60. The molecule has 0 radical (unpaired) electrons.